The van der Waals surface area contributed by atoms with E-state index in [9.17, 15) is 9.59 Å². The Hall–Kier alpha value is -3.86. The summed E-state index contributed by atoms with van der Waals surface area (Å²) in [6.45, 7) is 1.70. The van der Waals surface area contributed by atoms with Gasteiger partial charge in [-0.2, -0.15) is 0 Å². The van der Waals surface area contributed by atoms with Gasteiger partial charge in [0, 0.05) is 11.8 Å². The van der Waals surface area contributed by atoms with Crippen LogP contribution in [0.15, 0.2) is 79.0 Å². The Balaban J connectivity index is 1.79. The molecule has 0 spiro atoms. The van der Waals surface area contributed by atoms with Crippen molar-refractivity contribution in [3.8, 4) is 16.9 Å². The molecule has 0 N–H and O–H groups in total. The highest BCUT2D eigenvalue weighted by atomic mass is 16.6. The van der Waals surface area contributed by atoms with Crippen LogP contribution < -0.4 is 4.74 Å². The number of aryl methyl sites for hydroxylation is 1. The number of methoxy groups -OCH3 is 1. The summed E-state index contributed by atoms with van der Waals surface area (Å²) in [7, 11) is 1.31. The van der Waals surface area contributed by atoms with Gasteiger partial charge in [0.2, 0.25) is 5.78 Å². The molecule has 0 aliphatic heterocycles. The fourth-order valence-corrected chi connectivity index (χ4v) is 3.58. The molecule has 5 nitrogen and oxygen atoms in total. The van der Waals surface area contributed by atoms with Gasteiger partial charge in [-0.25, -0.2) is 4.79 Å². The zero-order valence-corrected chi connectivity index (χ0v) is 16.8. The number of benzene rings is 2. The lowest BCUT2D eigenvalue weighted by Crippen LogP contribution is -2.13. The summed E-state index contributed by atoms with van der Waals surface area (Å²) in [6, 6.07) is 22.9. The Kier molecular flexibility index (Phi) is 5.35. The Morgan fingerprint density at radius 3 is 2.43 bits per heavy atom. The van der Waals surface area contributed by atoms with Gasteiger partial charge in [0.1, 0.15) is 5.75 Å². The summed E-state index contributed by atoms with van der Waals surface area (Å²) in [5.74, 6) is -0.0214. The highest BCUT2D eigenvalue weighted by molar-refractivity contribution is 6.13. The van der Waals surface area contributed by atoms with Crippen LogP contribution in [0.1, 0.15) is 21.6 Å². The van der Waals surface area contributed by atoms with E-state index in [0.29, 0.717) is 17.0 Å². The first kappa shape index (κ1) is 19.5. The molecule has 5 heteroatoms. The molecule has 150 valence electrons. The molecule has 4 aromatic rings. The summed E-state index contributed by atoms with van der Waals surface area (Å²) >= 11 is 0. The minimum absolute atomic E-state index is 0.0722. The number of ketones is 1. The molecule has 0 bridgehead atoms. The molecule has 0 amide bonds. The standard InChI is InChI=1S/C25H21NO4/c1-17-15-21-22(30-16-23(27)29-2)13-8-14-26(21)24(17)25(28)20-12-7-6-11-19(20)18-9-4-3-5-10-18/h3-15H,16H2,1-2H3. The average Bonchev–Trinajstić information content (AvgIpc) is 3.13. The SMILES string of the molecule is COC(=O)COc1cccn2c(C(=O)c3ccccc3-c3ccccc3)c(C)cc12. The first-order valence-electron chi connectivity index (χ1n) is 9.59. The lowest BCUT2D eigenvalue weighted by Gasteiger charge is -2.11. The Morgan fingerprint density at radius 2 is 1.67 bits per heavy atom. The average molecular weight is 399 g/mol. The lowest BCUT2D eigenvalue weighted by atomic mass is 9.95. The molecule has 0 aliphatic rings. The Bertz CT molecular complexity index is 1220. The van der Waals surface area contributed by atoms with Crippen LogP contribution in [0.2, 0.25) is 0 Å². The van der Waals surface area contributed by atoms with Crippen LogP contribution >= 0.6 is 0 Å². The second-order valence-corrected chi connectivity index (χ2v) is 6.91. The molecule has 0 saturated carbocycles. The number of esters is 1. The Morgan fingerprint density at radius 1 is 0.933 bits per heavy atom. The smallest absolute Gasteiger partial charge is 0.343 e. The van der Waals surface area contributed by atoms with Crippen molar-refractivity contribution in [2.24, 2.45) is 0 Å². The molecule has 30 heavy (non-hydrogen) atoms. The van der Waals surface area contributed by atoms with E-state index >= 15 is 0 Å². The highest BCUT2D eigenvalue weighted by Crippen LogP contribution is 2.30. The number of hydrogen-bond donors (Lipinski definition) is 0. The van der Waals surface area contributed by atoms with Crippen molar-refractivity contribution in [1.82, 2.24) is 4.40 Å². The summed E-state index contributed by atoms with van der Waals surface area (Å²) < 4.78 is 12.1. The van der Waals surface area contributed by atoms with Crippen LogP contribution in [0, 0.1) is 6.92 Å². The molecular weight excluding hydrogens is 378 g/mol. The largest absolute Gasteiger partial charge is 0.480 e. The molecular formula is C25H21NO4. The van der Waals surface area contributed by atoms with Crippen LogP contribution in [-0.4, -0.2) is 29.9 Å². The minimum Gasteiger partial charge on any atom is -0.480 e. The third kappa shape index (κ3) is 3.57. The van der Waals surface area contributed by atoms with Crippen molar-refractivity contribution in [1.29, 1.82) is 0 Å². The molecule has 0 saturated heterocycles. The van der Waals surface area contributed by atoms with E-state index in [1.807, 2.05) is 78.2 Å². The van der Waals surface area contributed by atoms with Crippen LogP contribution in [0.25, 0.3) is 16.6 Å². The number of aromatic nitrogens is 1. The number of nitrogens with zero attached hydrogens (tertiary/aromatic N) is 1. The molecule has 2 aromatic carbocycles. The van der Waals surface area contributed by atoms with E-state index in [-0.39, 0.29) is 12.4 Å². The fraction of sp³-hybridized carbons (Fsp3) is 0.120. The van der Waals surface area contributed by atoms with Gasteiger partial charge < -0.3 is 13.9 Å². The van der Waals surface area contributed by atoms with E-state index in [1.54, 1.807) is 12.1 Å². The zero-order valence-electron chi connectivity index (χ0n) is 16.8. The fourth-order valence-electron chi connectivity index (χ4n) is 3.58. The van der Waals surface area contributed by atoms with Crippen molar-refractivity contribution < 1.29 is 19.1 Å². The van der Waals surface area contributed by atoms with Gasteiger partial charge in [-0.1, -0.05) is 54.6 Å². The van der Waals surface area contributed by atoms with E-state index in [1.165, 1.54) is 7.11 Å². The van der Waals surface area contributed by atoms with Crippen LogP contribution in [-0.2, 0) is 9.53 Å². The summed E-state index contributed by atoms with van der Waals surface area (Å²) in [5, 5.41) is 0. The number of hydrogen-bond acceptors (Lipinski definition) is 4. The number of pyridine rings is 1. The summed E-state index contributed by atoms with van der Waals surface area (Å²) in [4.78, 5) is 25.1. The molecule has 4 rings (SSSR count). The first-order valence-corrected chi connectivity index (χ1v) is 9.59. The van der Waals surface area contributed by atoms with Crippen LogP contribution in [0.4, 0.5) is 0 Å². The van der Waals surface area contributed by atoms with Crippen molar-refractivity contribution in [2.75, 3.05) is 13.7 Å². The maximum atomic E-state index is 13.6. The van der Waals surface area contributed by atoms with E-state index in [4.69, 9.17) is 4.74 Å². The predicted molar refractivity (Wildman–Crippen MR) is 115 cm³/mol. The maximum absolute atomic E-state index is 13.6. The van der Waals surface area contributed by atoms with Crippen LogP contribution in [0.3, 0.4) is 0 Å². The van der Waals surface area contributed by atoms with Gasteiger partial charge in [0.05, 0.1) is 18.3 Å². The zero-order chi connectivity index (χ0) is 21.1. The van der Waals surface area contributed by atoms with Gasteiger partial charge in [0.15, 0.2) is 6.61 Å². The molecule has 0 unspecified atom stereocenters. The van der Waals surface area contributed by atoms with Gasteiger partial charge in [-0.05, 0) is 41.8 Å². The molecule has 0 aliphatic carbocycles. The monoisotopic (exact) mass is 399 g/mol. The topological polar surface area (TPSA) is 57.0 Å². The number of rotatable bonds is 6. The minimum atomic E-state index is -0.464. The van der Waals surface area contributed by atoms with Crippen molar-refractivity contribution >= 4 is 17.3 Å². The van der Waals surface area contributed by atoms with Crippen molar-refractivity contribution in [2.45, 2.75) is 6.92 Å². The second-order valence-electron chi connectivity index (χ2n) is 6.91. The molecule has 2 aromatic heterocycles. The molecule has 0 fully saturated rings. The third-order valence-electron chi connectivity index (χ3n) is 5.01. The summed E-state index contributed by atoms with van der Waals surface area (Å²) in [5.41, 5.74) is 4.62. The quantitative estimate of drug-likeness (QED) is 0.348. The normalized spacial score (nSPS) is 10.7. The third-order valence-corrected chi connectivity index (χ3v) is 5.01. The van der Waals surface area contributed by atoms with Gasteiger partial charge in [-0.15, -0.1) is 0 Å². The first-order chi connectivity index (χ1) is 14.6. The van der Waals surface area contributed by atoms with E-state index in [0.717, 1.165) is 22.2 Å². The van der Waals surface area contributed by atoms with Gasteiger partial charge in [-0.3, -0.25) is 4.79 Å². The van der Waals surface area contributed by atoms with E-state index in [2.05, 4.69) is 4.74 Å². The van der Waals surface area contributed by atoms with Crippen LogP contribution in [0.5, 0.6) is 5.75 Å². The second kappa shape index (κ2) is 8.25. The molecule has 2 heterocycles. The predicted octanol–water partition coefficient (Wildman–Crippen LogP) is 4.70. The van der Waals surface area contributed by atoms with Gasteiger partial charge >= 0.3 is 5.97 Å². The number of ether oxygens (including phenoxy) is 2. The molecule has 0 atom stereocenters. The Labute approximate surface area is 174 Å². The van der Waals surface area contributed by atoms with Gasteiger partial charge in [0.25, 0.3) is 0 Å². The highest BCUT2D eigenvalue weighted by Gasteiger charge is 2.21. The van der Waals surface area contributed by atoms with Crippen molar-refractivity contribution in [3.05, 3.63) is 95.8 Å². The maximum Gasteiger partial charge on any atom is 0.343 e. The number of fused-ring (bicyclic) bond motifs is 1. The summed E-state index contributed by atoms with van der Waals surface area (Å²) in [6.07, 6.45) is 1.83. The van der Waals surface area contributed by atoms with Crippen molar-refractivity contribution in [3.63, 3.8) is 0 Å². The van der Waals surface area contributed by atoms with E-state index < -0.39 is 5.97 Å². The number of carbonyl (C=O) groups excluding carboxylic acids is 2. The number of carbonyl (C=O) groups is 2. The lowest BCUT2D eigenvalue weighted by molar-refractivity contribution is -0.142. The molecule has 0 radical (unpaired) electrons.